The van der Waals surface area contributed by atoms with Crippen LogP contribution in [0.15, 0.2) is 22.9 Å². The van der Waals surface area contributed by atoms with Crippen LogP contribution >= 0.6 is 11.3 Å². The topological polar surface area (TPSA) is 43.1 Å². The molecule has 0 N–H and O–H groups in total. The fourth-order valence-electron chi connectivity index (χ4n) is 1.09. The number of imidazole rings is 1. The number of fused-ring (bicyclic) bond motifs is 5. The third-order valence-electron chi connectivity index (χ3n) is 1.65. The summed E-state index contributed by atoms with van der Waals surface area (Å²) in [6.07, 6.45) is 5.37. The lowest BCUT2D eigenvalue weighted by atomic mass is 10.5. The van der Waals surface area contributed by atoms with Gasteiger partial charge < -0.3 is 0 Å². The summed E-state index contributed by atoms with van der Waals surface area (Å²) in [6.45, 7) is 0. The van der Waals surface area contributed by atoms with E-state index in [1.54, 1.807) is 12.5 Å². The molecule has 0 unspecified atom stereocenters. The van der Waals surface area contributed by atoms with Gasteiger partial charge in [-0.05, 0) is 0 Å². The molecule has 5 heteroatoms. The number of hydrogen-bond donors (Lipinski definition) is 0. The van der Waals surface area contributed by atoms with E-state index in [1.807, 2.05) is 16.1 Å². The molecule has 0 aromatic carbocycles. The Kier molecular flexibility index (Phi) is 1.02. The molecule has 0 radical (unpaired) electrons. The van der Waals surface area contributed by atoms with Crippen molar-refractivity contribution in [1.29, 1.82) is 0 Å². The maximum atomic E-state index is 4.26. The molecule has 0 aliphatic carbocycles. The molecule has 2 aromatic rings. The largest absolute Gasteiger partial charge is 0.289 e. The van der Waals surface area contributed by atoms with Crippen LogP contribution in [0.25, 0.3) is 5.82 Å². The summed E-state index contributed by atoms with van der Waals surface area (Å²) < 4.78 is 1.89. The third kappa shape index (κ3) is 0.738. The predicted octanol–water partition coefficient (Wildman–Crippen LogP) is 1.39. The second-order valence-electron chi connectivity index (χ2n) is 2.45. The number of rotatable bonds is 0. The molecule has 2 aromatic heterocycles. The summed E-state index contributed by atoms with van der Waals surface area (Å²) in [5.74, 6) is 0.894. The predicted molar refractivity (Wildman–Crippen MR) is 46.5 cm³/mol. The molecule has 12 heavy (non-hydrogen) atoms. The van der Waals surface area contributed by atoms with E-state index in [2.05, 4.69) is 15.0 Å². The van der Waals surface area contributed by atoms with Gasteiger partial charge >= 0.3 is 0 Å². The first-order chi connectivity index (χ1) is 5.92. The van der Waals surface area contributed by atoms with Crippen LogP contribution in [0, 0.1) is 0 Å². The summed E-state index contributed by atoms with van der Waals surface area (Å²) in [4.78, 5) is 12.5. The van der Waals surface area contributed by atoms with E-state index in [9.17, 15) is 0 Å². The van der Waals surface area contributed by atoms with Crippen LogP contribution in [0.5, 0.6) is 0 Å². The maximum absolute atomic E-state index is 4.26. The van der Waals surface area contributed by atoms with Crippen molar-refractivity contribution in [2.24, 2.45) is 4.99 Å². The van der Waals surface area contributed by atoms with Crippen molar-refractivity contribution in [1.82, 2.24) is 14.5 Å². The first-order valence-electron chi connectivity index (χ1n) is 3.46. The van der Waals surface area contributed by atoms with E-state index in [1.165, 1.54) is 11.3 Å². The highest BCUT2D eigenvalue weighted by atomic mass is 32.1. The highest BCUT2D eigenvalue weighted by molar-refractivity contribution is 7.13. The Morgan fingerprint density at radius 3 is 3.42 bits per heavy atom. The van der Waals surface area contributed by atoms with Crippen molar-refractivity contribution in [3.63, 3.8) is 0 Å². The minimum Gasteiger partial charge on any atom is -0.289 e. The Bertz CT molecular complexity index is 411. The van der Waals surface area contributed by atoms with Gasteiger partial charge in [0.25, 0.3) is 0 Å². The molecule has 1 aliphatic heterocycles. The van der Waals surface area contributed by atoms with Crippen molar-refractivity contribution in [2.75, 3.05) is 0 Å². The molecule has 0 fully saturated rings. The fraction of sp³-hybridized carbons (Fsp3) is 0. The molecule has 3 rings (SSSR count). The van der Waals surface area contributed by atoms with Gasteiger partial charge in [-0.2, -0.15) is 0 Å². The molecule has 0 atom stereocenters. The highest BCUT2D eigenvalue weighted by Crippen LogP contribution is 2.22. The molecule has 4 nitrogen and oxygen atoms in total. The van der Waals surface area contributed by atoms with Crippen LogP contribution in [0.3, 0.4) is 0 Å². The van der Waals surface area contributed by atoms with E-state index in [4.69, 9.17) is 0 Å². The molecule has 0 saturated carbocycles. The Morgan fingerprint density at radius 2 is 2.42 bits per heavy atom. The summed E-state index contributed by atoms with van der Waals surface area (Å²) >= 11 is 1.53. The molecule has 3 heterocycles. The number of aliphatic imine (C=N–C) groups is 1. The van der Waals surface area contributed by atoms with Crippen LogP contribution in [-0.4, -0.2) is 20.7 Å². The van der Waals surface area contributed by atoms with Gasteiger partial charge in [0.05, 0.1) is 11.9 Å². The first kappa shape index (κ1) is 6.07. The fourth-order valence-corrected chi connectivity index (χ4v) is 1.73. The Hall–Kier alpha value is -1.49. The molecule has 58 valence electrons. The molecular formula is C7H4N4S. The lowest BCUT2D eigenvalue weighted by Crippen LogP contribution is -1.90. The standard InChI is InChI=1S/C7H4N4S/c1-5-2-11(4-9-5)6-3-12-7(8-1)10-6/h1-4H. The normalized spacial score (nSPS) is 12.7. The van der Waals surface area contributed by atoms with Crippen LogP contribution in [0.1, 0.15) is 5.69 Å². The Morgan fingerprint density at radius 1 is 1.42 bits per heavy atom. The first-order valence-corrected chi connectivity index (χ1v) is 4.34. The number of aromatic nitrogens is 3. The zero-order chi connectivity index (χ0) is 7.97. The SMILES string of the molecule is C1=Nc2nc(cs2)-n2cnc1c2. The van der Waals surface area contributed by atoms with Crippen molar-refractivity contribution in [3.8, 4) is 5.82 Å². The van der Waals surface area contributed by atoms with Crippen molar-refractivity contribution in [3.05, 3.63) is 23.6 Å². The monoisotopic (exact) mass is 176 g/mol. The zero-order valence-electron chi connectivity index (χ0n) is 6.01. The van der Waals surface area contributed by atoms with Crippen LogP contribution in [0.4, 0.5) is 5.13 Å². The minimum absolute atomic E-state index is 0.783. The minimum atomic E-state index is 0.783. The average Bonchev–Trinajstić information content (AvgIpc) is 2.71. The summed E-state index contributed by atoms with van der Waals surface area (Å²) in [5.41, 5.74) is 0.871. The molecule has 0 saturated heterocycles. The van der Waals surface area contributed by atoms with Gasteiger partial charge in [0, 0.05) is 11.6 Å². The van der Waals surface area contributed by atoms with E-state index < -0.39 is 0 Å². The van der Waals surface area contributed by atoms with Crippen molar-refractivity contribution in [2.45, 2.75) is 0 Å². The van der Waals surface area contributed by atoms with Gasteiger partial charge in [-0.3, -0.25) is 4.57 Å². The van der Waals surface area contributed by atoms with Crippen molar-refractivity contribution >= 4 is 22.7 Å². The zero-order valence-corrected chi connectivity index (χ0v) is 6.82. The number of thiazole rings is 1. The van der Waals surface area contributed by atoms with Crippen molar-refractivity contribution < 1.29 is 0 Å². The van der Waals surface area contributed by atoms with Crippen LogP contribution < -0.4 is 0 Å². The molecular weight excluding hydrogens is 172 g/mol. The molecule has 1 aliphatic rings. The van der Waals surface area contributed by atoms with Gasteiger partial charge in [0.1, 0.15) is 6.33 Å². The second kappa shape index (κ2) is 2.01. The maximum Gasteiger partial charge on any atom is 0.211 e. The summed E-state index contributed by atoms with van der Waals surface area (Å²) in [6, 6.07) is 0. The lowest BCUT2D eigenvalue weighted by Gasteiger charge is -1.93. The van der Waals surface area contributed by atoms with Crippen LogP contribution in [-0.2, 0) is 0 Å². The van der Waals surface area contributed by atoms with E-state index in [-0.39, 0.29) is 0 Å². The quantitative estimate of drug-likeness (QED) is 0.519. The molecule has 0 spiro atoms. The van der Waals surface area contributed by atoms with Crippen LogP contribution in [0.2, 0.25) is 0 Å². The van der Waals surface area contributed by atoms with E-state index >= 15 is 0 Å². The van der Waals surface area contributed by atoms with Gasteiger partial charge in [0.15, 0.2) is 5.82 Å². The summed E-state index contributed by atoms with van der Waals surface area (Å²) in [5, 5.41) is 2.75. The summed E-state index contributed by atoms with van der Waals surface area (Å²) in [7, 11) is 0. The van der Waals surface area contributed by atoms with Gasteiger partial charge in [-0.1, -0.05) is 0 Å². The Balaban J connectivity index is 2.40. The van der Waals surface area contributed by atoms with E-state index in [0.717, 1.165) is 16.6 Å². The second-order valence-corrected chi connectivity index (χ2v) is 3.29. The molecule has 0 amide bonds. The molecule has 4 bridgehead atoms. The average molecular weight is 176 g/mol. The van der Waals surface area contributed by atoms with Gasteiger partial charge in [-0.15, -0.1) is 11.3 Å². The van der Waals surface area contributed by atoms with E-state index in [0.29, 0.717) is 0 Å². The third-order valence-corrected chi connectivity index (χ3v) is 2.39. The highest BCUT2D eigenvalue weighted by Gasteiger charge is 2.06. The number of hydrogen-bond acceptors (Lipinski definition) is 4. The Labute approximate surface area is 72.2 Å². The lowest BCUT2D eigenvalue weighted by molar-refractivity contribution is 1.01. The smallest absolute Gasteiger partial charge is 0.211 e. The van der Waals surface area contributed by atoms with Gasteiger partial charge in [0.2, 0.25) is 5.13 Å². The number of nitrogens with zero attached hydrogens (tertiary/aromatic N) is 4. The van der Waals surface area contributed by atoms with Gasteiger partial charge in [-0.25, -0.2) is 15.0 Å².